The summed E-state index contributed by atoms with van der Waals surface area (Å²) in [5, 5.41) is 11.8. The number of hydrogen-bond acceptors (Lipinski definition) is 5. The molecule has 0 spiro atoms. The third-order valence-electron chi connectivity index (χ3n) is 4.87. The Bertz CT molecular complexity index is 802. The van der Waals surface area contributed by atoms with E-state index in [1.54, 1.807) is 6.92 Å². The van der Waals surface area contributed by atoms with Crippen molar-refractivity contribution in [2.45, 2.75) is 44.0 Å². The van der Waals surface area contributed by atoms with Crippen molar-refractivity contribution in [2.24, 2.45) is 5.92 Å². The maximum atomic E-state index is 12.9. The molecule has 2 N–H and O–H groups in total. The standard InChI is InChI=1S/C18H26N2O6S/c1-4-12(2)16(18(22)23)19-17(21)13-7-8-14(26-3)15(11-13)27(24,25)20-9-5-6-10-20/h7-8,11-12,16H,4-6,9-10H2,1-3H3,(H,19,21)(H,22,23)/t12-,16-/m0/s1. The van der Waals surface area contributed by atoms with Crippen molar-refractivity contribution in [3.8, 4) is 5.75 Å². The lowest BCUT2D eigenvalue weighted by molar-refractivity contribution is -0.140. The third kappa shape index (κ3) is 4.59. The average Bonchev–Trinajstić information content (AvgIpc) is 3.20. The number of carbonyl (C=O) groups is 2. The molecule has 1 heterocycles. The van der Waals surface area contributed by atoms with Crippen molar-refractivity contribution in [2.75, 3.05) is 20.2 Å². The highest BCUT2D eigenvalue weighted by Gasteiger charge is 2.31. The number of benzene rings is 1. The third-order valence-corrected chi connectivity index (χ3v) is 6.79. The van der Waals surface area contributed by atoms with E-state index >= 15 is 0 Å². The van der Waals surface area contributed by atoms with Gasteiger partial charge in [0.25, 0.3) is 5.91 Å². The maximum Gasteiger partial charge on any atom is 0.326 e. The van der Waals surface area contributed by atoms with E-state index in [1.165, 1.54) is 29.6 Å². The van der Waals surface area contributed by atoms with Gasteiger partial charge in [-0.25, -0.2) is 13.2 Å². The van der Waals surface area contributed by atoms with Gasteiger partial charge in [-0.1, -0.05) is 20.3 Å². The molecule has 1 amide bonds. The van der Waals surface area contributed by atoms with E-state index in [-0.39, 0.29) is 22.1 Å². The SMILES string of the molecule is CC[C@H](C)[C@H](NC(=O)c1ccc(OC)c(S(=O)(=O)N2CCCC2)c1)C(=O)O. The summed E-state index contributed by atoms with van der Waals surface area (Å²) < 4.78 is 32.3. The number of rotatable bonds is 8. The van der Waals surface area contributed by atoms with Crippen molar-refractivity contribution in [1.29, 1.82) is 0 Å². The normalized spacial score (nSPS) is 17.3. The number of carbonyl (C=O) groups excluding carboxylic acids is 1. The molecule has 27 heavy (non-hydrogen) atoms. The number of amides is 1. The van der Waals surface area contributed by atoms with Crippen LogP contribution in [0.25, 0.3) is 0 Å². The molecule has 1 aromatic carbocycles. The topological polar surface area (TPSA) is 113 Å². The fourth-order valence-corrected chi connectivity index (χ4v) is 4.69. The van der Waals surface area contributed by atoms with Crippen LogP contribution in [0.4, 0.5) is 0 Å². The van der Waals surface area contributed by atoms with E-state index in [2.05, 4.69) is 5.32 Å². The van der Waals surface area contributed by atoms with Gasteiger partial charge in [0.05, 0.1) is 7.11 Å². The van der Waals surface area contributed by atoms with E-state index in [9.17, 15) is 23.1 Å². The molecule has 1 aromatic rings. The molecular weight excluding hydrogens is 372 g/mol. The predicted octanol–water partition coefficient (Wildman–Crippen LogP) is 1.71. The molecule has 9 heteroatoms. The van der Waals surface area contributed by atoms with Crippen LogP contribution in [0, 0.1) is 5.92 Å². The molecule has 8 nitrogen and oxygen atoms in total. The van der Waals surface area contributed by atoms with Gasteiger partial charge in [-0.2, -0.15) is 4.31 Å². The van der Waals surface area contributed by atoms with Crippen LogP contribution in [-0.2, 0) is 14.8 Å². The summed E-state index contributed by atoms with van der Waals surface area (Å²) in [5.41, 5.74) is 0.0723. The number of nitrogens with one attached hydrogen (secondary N) is 1. The first-order chi connectivity index (χ1) is 12.7. The van der Waals surface area contributed by atoms with Gasteiger partial charge in [0.1, 0.15) is 16.7 Å². The van der Waals surface area contributed by atoms with Gasteiger partial charge in [0.2, 0.25) is 10.0 Å². The van der Waals surface area contributed by atoms with Gasteiger partial charge >= 0.3 is 5.97 Å². The summed E-state index contributed by atoms with van der Waals surface area (Å²) in [5.74, 6) is -1.88. The number of carboxylic acids is 1. The summed E-state index contributed by atoms with van der Waals surface area (Å²) in [6.45, 7) is 4.42. The van der Waals surface area contributed by atoms with Crippen LogP contribution in [0.15, 0.2) is 23.1 Å². The molecule has 0 saturated carbocycles. The van der Waals surface area contributed by atoms with E-state index < -0.39 is 27.9 Å². The highest BCUT2D eigenvalue weighted by Crippen LogP contribution is 2.30. The predicted molar refractivity (Wildman–Crippen MR) is 99.3 cm³/mol. The monoisotopic (exact) mass is 398 g/mol. The number of methoxy groups -OCH3 is 1. The lowest BCUT2D eigenvalue weighted by atomic mass is 9.99. The van der Waals surface area contributed by atoms with Crippen LogP contribution in [0.2, 0.25) is 0 Å². The molecule has 0 unspecified atom stereocenters. The summed E-state index contributed by atoms with van der Waals surface area (Å²) in [6.07, 6.45) is 2.16. The van der Waals surface area contributed by atoms with Crippen LogP contribution < -0.4 is 10.1 Å². The molecule has 1 aliphatic heterocycles. The maximum absolute atomic E-state index is 12.9. The molecule has 0 aliphatic carbocycles. The second-order valence-corrected chi connectivity index (χ2v) is 8.56. The zero-order valence-corrected chi connectivity index (χ0v) is 16.6. The smallest absolute Gasteiger partial charge is 0.326 e. The van der Waals surface area contributed by atoms with Crippen molar-refractivity contribution in [3.05, 3.63) is 23.8 Å². The van der Waals surface area contributed by atoms with E-state index in [0.29, 0.717) is 19.5 Å². The highest BCUT2D eigenvalue weighted by atomic mass is 32.2. The first kappa shape index (κ1) is 21.2. The molecule has 1 aliphatic rings. The molecule has 0 bridgehead atoms. The number of carboxylic acid groups (broad SMARTS) is 1. The Morgan fingerprint density at radius 2 is 1.93 bits per heavy atom. The Labute approximate surface area is 159 Å². The summed E-state index contributed by atoms with van der Waals surface area (Å²) in [4.78, 5) is 23.9. The number of sulfonamides is 1. The highest BCUT2D eigenvalue weighted by molar-refractivity contribution is 7.89. The molecular formula is C18H26N2O6S. The zero-order valence-electron chi connectivity index (χ0n) is 15.8. The van der Waals surface area contributed by atoms with Crippen molar-refractivity contribution in [3.63, 3.8) is 0 Å². The lowest BCUT2D eigenvalue weighted by Crippen LogP contribution is -2.45. The van der Waals surface area contributed by atoms with Crippen molar-refractivity contribution >= 4 is 21.9 Å². The zero-order chi connectivity index (χ0) is 20.2. The Morgan fingerprint density at radius 3 is 2.44 bits per heavy atom. The largest absolute Gasteiger partial charge is 0.495 e. The summed E-state index contributed by atoms with van der Waals surface area (Å²) in [6, 6.07) is 3.03. The van der Waals surface area contributed by atoms with E-state index in [4.69, 9.17) is 4.74 Å². The van der Waals surface area contributed by atoms with Gasteiger partial charge in [-0.05, 0) is 37.0 Å². The van der Waals surface area contributed by atoms with E-state index in [0.717, 1.165) is 12.8 Å². The van der Waals surface area contributed by atoms with Crippen molar-refractivity contribution in [1.82, 2.24) is 9.62 Å². The fourth-order valence-electron chi connectivity index (χ4n) is 2.99. The second kappa shape index (κ2) is 8.71. The van der Waals surface area contributed by atoms with Gasteiger partial charge in [0.15, 0.2) is 0 Å². The molecule has 0 aromatic heterocycles. The number of nitrogens with zero attached hydrogens (tertiary/aromatic N) is 1. The fraction of sp³-hybridized carbons (Fsp3) is 0.556. The molecule has 150 valence electrons. The number of hydrogen-bond donors (Lipinski definition) is 2. The van der Waals surface area contributed by atoms with E-state index in [1.807, 2.05) is 6.92 Å². The van der Waals surface area contributed by atoms with Gasteiger partial charge in [-0.3, -0.25) is 4.79 Å². The Morgan fingerprint density at radius 1 is 1.30 bits per heavy atom. The van der Waals surface area contributed by atoms with Crippen molar-refractivity contribution < 1.29 is 27.9 Å². The molecule has 0 radical (unpaired) electrons. The van der Waals surface area contributed by atoms with Crippen LogP contribution >= 0.6 is 0 Å². The molecule has 2 atom stereocenters. The van der Waals surface area contributed by atoms with Crippen LogP contribution in [0.5, 0.6) is 5.75 Å². The minimum Gasteiger partial charge on any atom is -0.495 e. The van der Waals surface area contributed by atoms with Crippen LogP contribution in [0.1, 0.15) is 43.5 Å². The second-order valence-electron chi connectivity index (χ2n) is 6.65. The summed E-state index contributed by atoms with van der Waals surface area (Å²) in [7, 11) is -2.43. The Hall–Kier alpha value is -2.13. The lowest BCUT2D eigenvalue weighted by Gasteiger charge is -2.21. The molecule has 1 saturated heterocycles. The Kier molecular flexibility index (Phi) is 6.83. The average molecular weight is 398 g/mol. The molecule has 1 fully saturated rings. The minimum absolute atomic E-state index is 0.0723. The van der Waals surface area contributed by atoms with Crippen LogP contribution in [-0.4, -0.2) is 55.9 Å². The molecule has 2 rings (SSSR count). The number of ether oxygens (including phenoxy) is 1. The first-order valence-electron chi connectivity index (χ1n) is 8.94. The Balaban J connectivity index is 2.36. The number of aliphatic carboxylic acids is 1. The van der Waals surface area contributed by atoms with Gasteiger partial charge < -0.3 is 15.2 Å². The summed E-state index contributed by atoms with van der Waals surface area (Å²) >= 11 is 0. The minimum atomic E-state index is -3.79. The van der Waals surface area contributed by atoms with Gasteiger partial charge in [0, 0.05) is 18.7 Å². The first-order valence-corrected chi connectivity index (χ1v) is 10.4. The quantitative estimate of drug-likeness (QED) is 0.689. The van der Waals surface area contributed by atoms with Gasteiger partial charge in [-0.15, -0.1) is 0 Å². The van der Waals surface area contributed by atoms with Crippen LogP contribution in [0.3, 0.4) is 0 Å².